The molecular formula is C17H18O2. The summed E-state index contributed by atoms with van der Waals surface area (Å²) in [6, 6.07) is 11.9. The smallest absolute Gasteiger partial charge is 0.132 e. The highest BCUT2D eigenvalue weighted by Crippen LogP contribution is 2.33. The molecule has 2 nitrogen and oxygen atoms in total. The number of benzene rings is 2. The number of ether oxygens (including phenoxy) is 1. The van der Waals surface area contributed by atoms with Crippen LogP contribution in [0.5, 0.6) is 5.75 Å². The molecule has 0 heterocycles. The van der Waals surface area contributed by atoms with Gasteiger partial charge in [0.25, 0.3) is 0 Å². The van der Waals surface area contributed by atoms with Gasteiger partial charge in [-0.2, -0.15) is 0 Å². The number of fused-ring (bicyclic) bond motifs is 1. The molecule has 0 unspecified atom stereocenters. The minimum Gasteiger partial charge on any atom is -0.493 e. The van der Waals surface area contributed by atoms with E-state index in [4.69, 9.17) is 11.2 Å². The van der Waals surface area contributed by atoms with E-state index >= 15 is 0 Å². The number of rotatable bonds is 5. The molecule has 0 aliphatic heterocycles. The minimum atomic E-state index is -0.549. The van der Waals surface area contributed by atoms with Gasteiger partial charge in [0.15, 0.2) is 0 Å². The van der Waals surface area contributed by atoms with Crippen molar-refractivity contribution in [2.24, 2.45) is 0 Å². The van der Waals surface area contributed by atoms with Crippen LogP contribution in [-0.2, 0) is 0 Å². The van der Waals surface area contributed by atoms with E-state index < -0.39 is 6.10 Å². The van der Waals surface area contributed by atoms with Gasteiger partial charge in [-0.3, -0.25) is 0 Å². The summed E-state index contributed by atoms with van der Waals surface area (Å²) >= 11 is 0. The molecule has 2 aromatic rings. The summed E-state index contributed by atoms with van der Waals surface area (Å²) in [7, 11) is 0. The summed E-state index contributed by atoms with van der Waals surface area (Å²) in [6.07, 6.45) is 6.20. The van der Waals surface area contributed by atoms with E-state index in [0.717, 1.165) is 28.5 Å². The Balaban J connectivity index is 2.36. The van der Waals surface area contributed by atoms with Crippen molar-refractivity contribution in [1.29, 1.82) is 0 Å². The third kappa shape index (κ3) is 3.07. The van der Waals surface area contributed by atoms with Crippen molar-refractivity contribution in [3.05, 3.63) is 42.0 Å². The van der Waals surface area contributed by atoms with Gasteiger partial charge in [-0.15, -0.1) is 12.3 Å². The van der Waals surface area contributed by atoms with Crippen molar-refractivity contribution in [1.82, 2.24) is 0 Å². The molecule has 0 fully saturated rings. The average molecular weight is 254 g/mol. The van der Waals surface area contributed by atoms with Crippen molar-refractivity contribution in [3.63, 3.8) is 0 Å². The summed E-state index contributed by atoms with van der Waals surface area (Å²) in [5.74, 6) is 3.37. The van der Waals surface area contributed by atoms with Crippen molar-refractivity contribution in [3.8, 4) is 18.1 Å². The Morgan fingerprint density at radius 2 is 2.05 bits per heavy atom. The number of hydrogen-bond acceptors (Lipinski definition) is 2. The van der Waals surface area contributed by atoms with Crippen LogP contribution in [0.2, 0.25) is 0 Å². The van der Waals surface area contributed by atoms with E-state index in [-0.39, 0.29) is 0 Å². The zero-order valence-electron chi connectivity index (χ0n) is 11.1. The Hall–Kier alpha value is -1.98. The highest BCUT2D eigenvalue weighted by atomic mass is 16.5. The fourth-order valence-electron chi connectivity index (χ4n) is 2.10. The molecule has 0 radical (unpaired) electrons. The number of aliphatic hydroxyl groups is 1. The molecule has 0 spiro atoms. The van der Waals surface area contributed by atoms with Crippen LogP contribution < -0.4 is 4.74 Å². The van der Waals surface area contributed by atoms with Crippen LogP contribution in [0.3, 0.4) is 0 Å². The van der Waals surface area contributed by atoms with Crippen LogP contribution in [0.15, 0.2) is 36.4 Å². The lowest BCUT2D eigenvalue weighted by Crippen LogP contribution is -2.03. The highest BCUT2D eigenvalue weighted by molar-refractivity contribution is 5.89. The molecule has 0 saturated carbocycles. The Kier molecular flexibility index (Phi) is 4.43. The van der Waals surface area contributed by atoms with Crippen LogP contribution in [0, 0.1) is 12.3 Å². The molecule has 0 aromatic heterocycles. The lowest BCUT2D eigenvalue weighted by Gasteiger charge is -2.16. The van der Waals surface area contributed by atoms with E-state index in [2.05, 4.69) is 5.92 Å². The molecule has 0 bridgehead atoms. The summed E-state index contributed by atoms with van der Waals surface area (Å²) in [5.41, 5.74) is 0.819. The molecule has 1 N–H and O–H groups in total. The van der Waals surface area contributed by atoms with Gasteiger partial charge in [0, 0.05) is 17.4 Å². The Morgan fingerprint density at radius 1 is 1.26 bits per heavy atom. The molecule has 0 aliphatic carbocycles. The van der Waals surface area contributed by atoms with Gasteiger partial charge >= 0.3 is 0 Å². The van der Waals surface area contributed by atoms with Crippen molar-refractivity contribution in [2.45, 2.75) is 25.9 Å². The maximum Gasteiger partial charge on any atom is 0.132 e. The molecule has 0 saturated heterocycles. The number of aliphatic hydroxyl groups excluding tert-OH is 1. The molecule has 0 aliphatic rings. The van der Waals surface area contributed by atoms with Gasteiger partial charge in [0.05, 0.1) is 12.7 Å². The van der Waals surface area contributed by atoms with Gasteiger partial charge in [-0.05, 0) is 18.7 Å². The molecule has 1 atom stereocenters. The zero-order valence-corrected chi connectivity index (χ0v) is 11.1. The predicted molar refractivity (Wildman–Crippen MR) is 78.1 cm³/mol. The zero-order chi connectivity index (χ0) is 13.7. The van der Waals surface area contributed by atoms with Crippen LogP contribution >= 0.6 is 0 Å². The normalized spacial score (nSPS) is 12.1. The quantitative estimate of drug-likeness (QED) is 0.651. The number of unbranched alkanes of at least 4 members (excludes halogenated alkanes) is 1. The number of terminal acetylenes is 1. The molecule has 2 heteroatoms. The van der Waals surface area contributed by atoms with Gasteiger partial charge < -0.3 is 9.84 Å². The predicted octanol–water partition coefficient (Wildman–Crippen LogP) is 3.69. The van der Waals surface area contributed by atoms with Crippen LogP contribution in [-0.4, -0.2) is 11.7 Å². The van der Waals surface area contributed by atoms with Crippen molar-refractivity contribution in [2.75, 3.05) is 6.61 Å². The lowest BCUT2D eigenvalue weighted by atomic mass is 10.0. The largest absolute Gasteiger partial charge is 0.493 e. The maximum atomic E-state index is 9.85. The molecule has 2 rings (SSSR count). The molecule has 2 aromatic carbocycles. The molecular weight excluding hydrogens is 236 g/mol. The van der Waals surface area contributed by atoms with Crippen LogP contribution in [0.1, 0.15) is 31.4 Å². The Labute approximate surface area is 114 Å². The topological polar surface area (TPSA) is 29.5 Å². The fraction of sp³-hybridized carbons (Fsp3) is 0.294. The molecule has 19 heavy (non-hydrogen) atoms. The van der Waals surface area contributed by atoms with Gasteiger partial charge in [0.2, 0.25) is 0 Å². The van der Waals surface area contributed by atoms with Gasteiger partial charge in [-0.25, -0.2) is 0 Å². The van der Waals surface area contributed by atoms with E-state index in [1.807, 2.05) is 36.4 Å². The van der Waals surface area contributed by atoms with Gasteiger partial charge in [-0.1, -0.05) is 36.4 Å². The fourth-order valence-corrected chi connectivity index (χ4v) is 2.10. The Morgan fingerprint density at radius 3 is 2.79 bits per heavy atom. The first-order chi connectivity index (χ1) is 9.24. The van der Waals surface area contributed by atoms with E-state index in [9.17, 15) is 5.11 Å². The standard InChI is InChI=1S/C17H18O2/c1-3-4-7-12-19-17-15(13(2)18)11-10-14-8-5-6-9-16(14)17/h1,5-6,8-11,13,18H,4,7,12H2,2H3/t13-/m1/s1. The van der Waals surface area contributed by atoms with Crippen LogP contribution in [0.25, 0.3) is 10.8 Å². The van der Waals surface area contributed by atoms with Crippen molar-refractivity contribution >= 4 is 10.8 Å². The third-order valence-corrected chi connectivity index (χ3v) is 3.07. The average Bonchev–Trinajstić information content (AvgIpc) is 2.43. The van der Waals surface area contributed by atoms with Crippen molar-refractivity contribution < 1.29 is 9.84 Å². The molecule has 98 valence electrons. The lowest BCUT2D eigenvalue weighted by molar-refractivity contribution is 0.191. The Bertz CT molecular complexity index is 594. The maximum absolute atomic E-state index is 9.85. The number of hydrogen-bond donors (Lipinski definition) is 1. The third-order valence-electron chi connectivity index (χ3n) is 3.07. The summed E-state index contributed by atoms with van der Waals surface area (Å²) < 4.78 is 5.86. The second kappa shape index (κ2) is 6.26. The van der Waals surface area contributed by atoms with E-state index in [0.29, 0.717) is 13.0 Å². The first kappa shape index (κ1) is 13.5. The van der Waals surface area contributed by atoms with E-state index in [1.165, 1.54) is 0 Å². The first-order valence-electron chi connectivity index (χ1n) is 6.50. The highest BCUT2D eigenvalue weighted by Gasteiger charge is 2.12. The summed E-state index contributed by atoms with van der Waals surface area (Å²) in [4.78, 5) is 0. The van der Waals surface area contributed by atoms with Gasteiger partial charge in [0.1, 0.15) is 5.75 Å². The van der Waals surface area contributed by atoms with E-state index in [1.54, 1.807) is 6.92 Å². The monoisotopic (exact) mass is 254 g/mol. The minimum absolute atomic E-state index is 0.549. The second-order valence-electron chi connectivity index (χ2n) is 4.54. The second-order valence-corrected chi connectivity index (χ2v) is 4.54. The summed E-state index contributed by atoms with van der Waals surface area (Å²) in [5, 5.41) is 12.0. The first-order valence-corrected chi connectivity index (χ1v) is 6.50. The SMILES string of the molecule is C#CCCCOc1c([C@@H](C)O)ccc2ccccc12. The summed E-state index contributed by atoms with van der Waals surface area (Å²) in [6.45, 7) is 2.32. The molecule has 0 amide bonds. The van der Waals surface area contributed by atoms with Crippen LogP contribution in [0.4, 0.5) is 0 Å².